The normalized spacial score (nSPS) is 10.3. The Balaban J connectivity index is 2.42. The van der Waals surface area contributed by atoms with E-state index in [4.69, 9.17) is 11.5 Å². The summed E-state index contributed by atoms with van der Waals surface area (Å²) in [4.78, 5) is 10.9. The second-order valence-electron chi connectivity index (χ2n) is 3.51. The number of primary amides is 1. The average Bonchev–Trinajstić information content (AvgIpc) is 2.60. The minimum atomic E-state index is -0.439. The molecule has 0 bridgehead atoms. The summed E-state index contributed by atoms with van der Waals surface area (Å²) in [7, 11) is 1.77. The molecule has 4 N–H and O–H groups in total. The Labute approximate surface area is 92.7 Å². The lowest BCUT2D eigenvalue weighted by atomic mass is 10.1. The van der Waals surface area contributed by atoms with Gasteiger partial charge in [-0.15, -0.1) is 0 Å². The van der Waals surface area contributed by atoms with Gasteiger partial charge in [-0.05, 0) is 17.7 Å². The molecule has 0 aliphatic rings. The van der Waals surface area contributed by atoms with Gasteiger partial charge in [-0.3, -0.25) is 9.48 Å². The predicted molar refractivity (Wildman–Crippen MR) is 61.6 cm³/mol. The van der Waals surface area contributed by atoms with E-state index in [2.05, 4.69) is 5.10 Å². The fourth-order valence-corrected chi connectivity index (χ4v) is 1.48. The van der Waals surface area contributed by atoms with Gasteiger partial charge >= 0.3 is 0 Å². The van der Waals surface area contributed by atoms with Gasteiger partial charge in [0.05, 0.1) is 6.20 Å². The van der Waals surface area contributed by atoms with Crippen LogP contribution < -0.4 is 11.5 Å². The van der Waals surface area contributed by atoms with Crippen LogP contribution in [0.3, 0.4) is 0 Å². The van der Waals surface area contributed by atoms with E-state index in [1.165, 1.54) is 0 Å². The summed E-state index contributed by atoms with van der Waals surface area (Å²) in [5.74, 6) is 0.150. The van der Waals surface area contributed by atoms with Crippen LogP contribution >= 0.6 is 0 Å². The summed E-state index contributed by atoms with van der Waals surface area (Å²) in [5, 5.41) is 4.05. The highest BCUT2D eigenvalue weighted by Gasteiger charge is 2.07. The van der Waals surface area contributed by atoms with E-state index >= 15 is 0 Å². The molecule has 0 saturated carbocycles. The van der Waals surface area contributed by atoms with Gasteiger partial charge in [-0.2, -0.15) is 5.10 Å². The third-order valence-electron chi connectivity index (χ3n) is 2.47. The Kier molecular flexibility index (Phi) is 2.36. The minimum Gasteiger partial charge on any atom is -0.383 e. The summed E-state index contributed by atoms with van der Waals surface area (Å²) in [6.07, 6.45) is 1.69. The van der Waals surface area contributed by atoms with Crippen molar-refractivity contribution in [1.82, 2.24) is 9.78 Å². The number of hydrogen-bond acceptors (Lipinski definition) is 3. The molecule has 0 saturated heterocycles. The maximum Gasteiger partial charge on any atom is 0.248 e. The third-order valence-corrected chi connectivity index (χ3v) is 2.47. The van der Waals surface area contributed by atoms with Gasteiger partial charge in [-0.25, -0.2) is 0 Å². The number of anilines is 1. The van der Waals surface area contributed by atoms with Crippen LogP contribution in [0.4, 0.5) is 5.82 Å². The molecule has 1 amide bonds. The number of amides is 1. The number of nitrogen functional groups attached to an aromatic ring is 1. The molecule has 0 radical (unpaired) electrons. The van der Waals surface area contributed by atoms with Crippen molar-refractivity contribution in [2.24, 2.45) is 12.8 Å². The number of benzene rings is 1. The zero-order valence-electron chi connectivity index (χ0n) is 8.84. The summed E-state index contributed by atoms with van der Waals surface area (Å²) in [6, 6.07) is 6.94. The van der Waals surface area contributed by atoms with Crippen LogP contribution in [0.15, 0.2) is 30.5 Å². The predicted octanol–water partition coefficient (Wildman–Crippen LogP) is 0.768. The van der Waals surface area contributed by atoms with Gasteiger partial charge in [0.25, 0.3) is 0 Å². The number of carbonyl (C=O) groups is 1. The average molecular weight is 216 g/mol. The summed E-state index contributed by atoms with van der Waals surface area (Å²) >= 11 is 0. The van der Waals surface area contributed by atoms with Crippen LogP contribution in [0.5, 0.6) is 0 Å². The Morgan fingerprint density at radius 1 is 1.31 bits per heavy atom. The van der Waals surface area contributed by atoms with E-state index in [1.807, 2.05) is 0 Å². The van der Waals surface area contributed by atoms with Gasteiger partial charge in [-0.1, -0.05) is 12.1 Å². The highest BCUT2D eigenvalue weighted by Crippen LogP contribution is 2.24. The molecule has 0 atom stereocenters. The molecule has 5 nitrogen and oxygen atoms in total. The standard InChI is InChI=1S/C11H12N4O/c1-15-10(12)9(6-14-15)7-2-4-8(5-3-7)11(13)16/h2-6H,12H2,1H3,(H2,13,16). The van der Waals surface area contributed by atoms with E-state index in [9.17, 15) is 4.79 Å². The van der Waals surface area contributed by atoms with Crippen LogP contribution in [0, 0.1) is 0 Å². The molecule has 0 aliphatic carbocycles. The highest BCUT2D eigenvalue weighted by atomic mass is 16.1. The zero-order valence-corrected chi connectivity index (χ0v) is 8.84. The molecule has 0 aliphatic heterocycles. The zero-order chi connectivity index (χ0) is 11.7. The number of aryl methyl sites for hydroxylation is 1. The number of nitrogens with zero attached hydrogens (tertiary/aromatic N) is 2. The van der Waals surface area contributed by atoms with Crippen molar-refractivity contribution in [1.29, 1.82) is 0 Å². The van der Waals surface area contributed by atoms with E-state index in [0.29, 0.717) is 11.4 Å². The first kappa shape index (κ1) is 10.2. The second-order valence-corrected chi connectivity index (χ2v) is 3.51. The van der Waals surface area contributed by atoms with E-state index in [-0.39, 0.29) is 0 Å². The van der Waals surface area contributed by atoms with Gasteiger partial charge < -0.3 is 11.5 Å². The highest BCUT2D eigenvalue weighted by molar-refractivity contribution is 5.93. The molecule has 0 fully saturated rings. The van der Waals surface area contributed by atoms with Crippen molar-refractivity contribution < 1.29 is 4.79 Å². The first-order valence-corrected chi connectivity index (χ1v) is 4.77. The molecule has 0 spiro atoms. The van der Waals surface area contributed by atoms with Crippen molar-refractivity contribution in [2.75, 3.05) is 5.73 Å². The summed E-state index contributed by atoms with van der Waals surface area (Å²) in [5.41, 5.74) is 13.2. The lowest BCUT2D eigenvalue weighted by molar-refractivity contribution is 0.100. The Morgan fingerprint density at radius 3 is 2.38 bits per heavy atom. The third kappa shape index (κ3) is 1.63. The molecule has 2 rings (SSSR count). The van der Waals surface area contributed by atoms with Crippen LogP contribution in [0.25, 0.3) is 11.1 Å². The van der Waals surface area contributed by atoms with Crippen molar-refractivity contribution in [2.45, 2.75) is 0 Å². The van der Waals surface area contributed by atoms with Gasteiger partial charge in [0.1, 0.15) is 5.82 Å². The molecule has 82 valence electrons. The Morgan fingerprint density at radius 2 is 1.94 bits per heavy atom. The van der Waals surface area contributed by atoms with Crippen molar-refractivity contribution in [3.05, 3.63) is 36.0 Å². The smallest absolute Gasteiger partial charge is 0.248 e. The monoisotopic (exact) mass is 216 g/mol. The lowest BCUT2D eigenvalue weighted by Gasteiger charge is -2.01. The van der Waals surface area contributed by atoms with Crippen LogP contribution in [-0.4, -0.2) is 15.7 Å². The maximum atomic E-state index is 10.9. The largest absolute Gasteiger partial charge is 0.383 e. The molecule has 2 aromatic rings. The van der Waals surface area contributed by atoms with Crippen molar-refractivity contribution in [3.63, 3.8) is 0 Å². The Hall–Kier alpha value is -2.30. The summed E-state index contributed by atoms with van der Waals surface area (Å²) < 4.78 is 1.59. The Bertz CT molecular complexity index is 527. The first-order chi connectivity index (χ1) is 7.59. The van der Waals surface area contributed by atoms with E-state index < -0.39 is 5.91 Å². The van der Waals surface area contributed by atoms with Crippen molar-refractivity contribution >= 4 is 11.7 Å². The number of aromatic nitrogens is 2. The first-order valence-electron chi connectivity index (χ1n) is 4.77. The van der Waals surface area contributed by atoms with E-state index in [0.717, 1.165) is 11.1 Å². The van der Waals surface area contributed by atoms with Gasteiger partial charge in [0.15, 0.2) is 0 Å². The molecular formula is C11H12N4O. The van der Waals surface area contributed by atoms with Crippen LogP contribution in [0.1, 0.15) is 10.4 Å². The number of hydrogen-bond donors (Lipinski definition) is 2. The SMILES string of the molecule is Cn1ncc(-c2ccc(C(N)=O)cc2)c1N. The van der Waals surface area contributed by atoms with E-state index in [1.54, 1.807) is 42.2 Å². The fourth-order valence-electron chi connectivity index (χ4n) is 1.48. The summed E-state index contributed by atoms with van der Waals surface area (Å²) in [6.45, 7) is 0. The topological polar surface area (TPSA) is 86.9 Å². The molecule has 1 aromatic heterocycles. The minimum absolute atomic E-state index is 0.439. The van der Waals surface area contributed by atoms with Crippen LogP contribution in [0.2, 0.25) is 0 Å². The number of rotatable bonds is 2. The molecule has 5 heteroatoms. The lowest BCUT2D eigenvalue weighted by Crippen LogP contribution is -2.10. The number of carbonyl (C=O) groups excluding carboxylic acids is 1. The molecular weight excluding hydrogens is 204 g/mol. The fraction of sp³-hybridized carbons (Fsp3) is 0.0909. The molecule has 16 heavy (non-hydrogen) atoms. The molecule has 1 heterocycles. The van der Waals surface area contributed by atoms with Gasteiger partial charge in [0, 0.05) is 18.2 Å². The quantitative estimate of drug-likeness (QED) is 0.777. The molecule has 1 aromatic carbocycles. The number of nitrogens with two attached hydrogens (primary N) is 2. The van der Waals surface area contributed by atoms with Crippen LogP contribution in [-0.2, 0) is 7.05 Å². The second kappa shape index (κ2) is 3.69. The molecule has 0 unspecified atom stereocenters. The maximum absolute atomic E-state index is 10.9. The van der Waals surface area contributed by atoms with Gasteiger partial charge in [0.2, 0.25) is 5.91 Å². The van der Waals surface area contributed by atoms with Crippen molar-refractivity contribution in [3.8, 4) is 11.1 Å².